The monoisotopic (exact) mass is 345 g/mol. The highest BCUT2D eigenvalue weighted by atomic mass is 19.1. The first kappa shape index (κ1) is 16.6. The molecule has 3 fully saturated rings. The number of likely N-dealkylation sites (tertiary alicyclic amines) is 1. The van der Waals surface area contributed by atoms with Crippen molar-refractivity contribution in [2.45, 2.75) is 56.5 Å². The summed E-state index contributed by atoms with van der Waals surface area (Å²) in [7, 11) is 1.38. The highest BCUT2D eigenvalue weighted by Crippen LogP contribution is 2.51. The summed E-state index contributed by atoms with van der Waals surface area (Å²) in [4.78, 5) is 27.2. The molecule has 1 aliphatic heterocycles. The largest absolute Gasteiger partial charge is 0.467 e. The standard InChI is InChI=1S/C20H24FNO3/c1-25-20(24)18-10-12-6-2-5-9-17(12)22(18)19(23)15-11-14(15)13-7-3-4-8-16(13)21/h3-4,7-8,12,14-15,17-18H,2,5-6,9-11H2,1H3/t12-,14-,15+,17-,18-/m0/s1. The molecule has 1 aromatic carbocycles. The second-order valence-electron chi connectivity index (χ2n) is 7.60. The minimum Gasteiger partial charge on any atom is -0.467 e. The Morgan fingerprint density at radius 2 is 1.92 bits per heavy atom. The Bertz CT molecular complexity index is 691. The molecule has 0 spiro atoms. The first-order valence-electron chi connectivity index (χ1n) is 9.26. The molecule has 2 aliphatic carbocycles. The maximum Gasteiger partial charge on any atom is 0.328 e. The lowest BCUT2D eigenvalue weighted by Gasteiger charge is -2.33. The predicted molar refractivity (Wildman–Crippen MR) is 90.3 cm³/mol. The molecule has 0 N–H and O–H groups in total. The van der Waals surface area contributed by atoms with Gasteiger partial charge in [0, 0.05) is 12.0 Å². The summed E-state index contributed by atoms with van der Waals surface area (Å²) in [5.41, 5.74) is 0.620. The number of rotatable bonds is 3. The minimum absolute atomic E-state index is 0.0121. The van der Waals surface area contributed by atoms with Crippen molar-refractivity contribution in [3.8, 4) is 0 Å². The molecule has 4 rings (SSSR count). The molecular formula is C20H24FNO3. The van der Waals surface area contributed by atoms with Crippen LogP contribution in [0.4, 0.5) is 4.39 Å². The molecule has 1 amide bonds. The first-order valence-corrected chi connectivity index (χ1v) is 9.26. The zero-order valence-electron chi connectivity index (χ0n) is 14.5. The van der Waals surface area contributed by atoms with Gasteiger partial charge in [-0.25, -0.2) is 9.18 Å². The van der Waals surface area contributed by atoms with Crippen molar-refractivity contribution >= 4 is 11.9 Å². The second kappa shape index (κ2) is 6.43. The van der Waals surface area contributed by atoms with Crippen molar-refractivity contribution in [2.24, 2.45) is 11.8 Å². The molecule has 5 heteroatoms. The Morgan fingerprint density at radius 3 is 2.68 bits per heavy atom. The number of amides is 1. The highest BCUT2D eigenvalue weighted by molar-refractivity contribution is 5.89. The molecule has 3 aliphatic rings. The van der Waals surface area contributed by atoms with Gasteiger partial charge in [-0.2, -0.15) is 0 Å². The molecule has 2 saturated carbocycles. The van der Waals surface area contributed by atoms with E-state index in [1.165, 1.54) is 19.6 Å². The van der Waals surface area contributed by atoms with Gasteiger partial charge in [0.15, 0.2) is 0 Å². The predicted octanol–water partition coefficient (Wildman–Crippen LogP) is 3.26. The van der Waals surface area contributed by atoms with Crippen LogP contribution < -0.4 is 0 Å². The highest BCUT2D eigenvalue weighted by Gasteiger charge is 2.54. The number of esters is 1. The quantitative estimate of drug-likeness (QED) is 0.790. The molecule has 0 radical (unpaired) electrons. The lowest BCUT2D eigenvalue weighted by molar-refractivity contribution is -0.153. The SMILES string of the molecule is COC(=O)[C@@H]1C[C@@H]2CCCC[C@@H]2N1C(=O)[C@@H]1C[C@H]1c1ccccc1F. The fraction of sp³-hybridized carbons (Fsp3) is 0.600. The number of carbonyl (C=O) groups is 2. The van der Waals surface area contributed by atoms with Crippen molar-refractivity contribution in [1.82, 2.24) is 4.90 Å². The van der Waals surface area contributed by atoms with Crippen molar-refractivity contribution in [1.29, 1.82) is 0 Å². The van der Waals surface area contributed by atoms with E-state index in [2.05, 4.69) is 0 Å². The van der Waals surface area contributed by atoms with E-state index in [4.69, 9.17) is 4.74 Å². The van der Waals surface area contributed by atoms with Crippen molar-refractivity contribution in [2.75, 3.05) is 7.11 Å². The molecule has 5 atom stereocenters. The van der Waals surface area contributed by atoms with Crippen LogP contribution >= 0.6 is 0 Å². The minimum atomic E-state index is -0.465. The number of nitrogens with zero attached hydrogens (tertiary/aromatic N) is 1. The lowest BCUT2D eigenvalue weighted by Crippen LogP contribution is -2.47. The fourth-order valence-electron chi connectivity index (χ4n) is 4.90. The zero-order valence-corrected chi connectivity index (χ0v) is 14.5. The van der Waals surface area contributed by atoms with E-state index in [1.54, 1.807) is 17.0 Å². The molecule has 4 nitrogen and oxygen atoms in total. The Morgan fingerprint density at radius 1 is 1.16 bits per heavy atom. The topological polar surface area (TPSA) is 46.6 Å². The van der Waals surface area contributed by atoms with E-state index in [1.807, 2.05) is 6.07 Å². The number of carbonyl (C=O) groups excluding carboxylic acids is 2. The van der Waals surface area contributed by atoms with Crippen LogP contribution in [0.3, 0.4) is 0 Å². The van der Waals surface area contributed by atoms with Crippen molar-refractivity contribution < 1.29 is 18.7 Å². The van der Waals surface area contributed by atoms with Crippen LogP contribution in [0.2, 0.25) is 0 Å². The van der Waals surface area contributed by atoms with Crippen LogP contribution in [0.15, 0.2) is 24.3 Å². The Balaban J connectivity index is 1.55. The number of benzene rings is 1. The smallest absolute Gasteiger partial charge is 0.328 e. The first-order chi connectivity index (χ1) is 12.1. The van der Waals surface area contributed by atoms with Gasteiger partial charge in [-0.05, 0) is 49.1 Å². The number of halogens is 1. The molecule has 0 unspecified atom stereocenters. The number of ether oxygens (including phenoxy) is 1. The third-order valence-corrected chi connectivity index (χ3v) is 6.23. The van der Waals surface area contributed by atoms with Gasteiger partial charge in [-0.1, -0.05) is 31.0 Å². The molecule has 25 heavy (non-hydrogen) atoms. The van der Waals surface area contributed by atoms with Gasteiger partial charge >= 0.3 is 5.97 Å². The average Bonchev–Trinajstić information content (AvgIpc) is 3.33. The molecule has 0 bridgehead atoms. The Kier molecular flexibility index (Phi) is 4.26. The molecular weight excluding hydrogens is 321 g/mol. The molecule has 134 valence electrons. The van der Waals surface area contributed by atoms with Crippen molar-refractivity contribution in [3.05, 3.63) is 35.6 Å². The average molecular weight is 345 g/mol. The van der Waals surface area contributed by atoms with Gasteiger partial charge in [-0.3, -0.25) is 4.79 Å². The maximum atomic E-state index is 14.0. The Labute approximate surface area is 147 Å². The van der Waals surface area contributed by atoms with Crippen molar-refractivity contribution in [3.63, 3.8) is 0 Å². The number of fused-ring (bicyclic) bond motifs is 1. The Hall–Kier alpha value is -1.91. The van der Waals surface area contributed by atoms with Crippen LogP contribution in [0, 0.1) is 17.7 Å². The maximum absolute atomic E-state index is 14.0. The van der Waals surface area contributed by atoms with Crippen LogP contribution in [0.25, 0.3) is 0 Å². The van der Waals surface area contributed by atoms with E-state index in [0.717, 1.165) is 19.3 Å². The van der Waals surface area contributed by atoms with Crippen LogP contribution in [-0.4, -0.2) is 36.0 Å². The summed E-state index contributed by atoms with van der Waals surface area (Å²) in [6.45, 7) is 0. The summed E-state index contributed by atoms with van der Waals surface area (Å²) in [6, 6.07) is 6.36. The van der Waals surface area contributed by atoms with Crippen LogP contribution in [0.5, 0.6) is 0 Å². The summed E-state index contributed by atoms with van der Waals surface area (Å²) >= 11 is 0. The number of methoxy groups -OCH3 is 1. The molecule has 0 aromatic heterocycles. The second-order valence-corrected chi connectivity index (χ2v) is 7.60. The van der Waals surface area contributed by atoms with Gasteiger partial charge in [-0.15, -0.1) is 0 Å². The zero-order chi connectivity index (χ0) is 17.6. The van der Waals surface area contributed by atoms with Gasteiger partial charge in [0.2, 0.25) is 5.91 Å². The lowest BCUT2D eigenvalue weighted by atomic mass is 9.84. The van der Waals surface area contributed by atoms with Crippen LogP contribution in [-0.2, 0) is 14.3 Å². The van der Waals surface area contributed by atoms with Crippen LogP contribution in [0.1, 0.15) is 50.0 Å². The van der Waals surface area contributed by atoms with E-state index in [9.17, 15) is 14.0 Å². The third kappa shape index (κ3) is 2.83. The molecule has 1 saturated heterocycles. The van der Waals surface area contributed by atoms with Gasteiger partial charge < -0.3 is 9.64 Å². The van der Waals surface area contributed by atoms with Gasteiger partial charge in [0.25, 0.3) is 0 Å². The van der Waals surface area contributed by atoms with E-state index in [-0.39, 0.29) is 35.6 Å². The normalized spacial score (nSPS) is 33.7. The van der Waals surface area contributed by atoms with E-state index >= 15 is 0 Å². The summed E-state index contributed by atoms with van der Waals surface area (Å²) in [5.74, 6) is -0.417. The number of hydrogen-bond acceptors (Lipinski definition) is 3. The fourth-order valence-corrected chi connectivity index (χ4v) is 4.90. The molecule has 1 aromatic rings. The molecule has 1 heterocycles. The van der Waals surface area contributed by atoms with E-state index < -0.39 is 6.04 Å². The summed E-state index contributed by atoms with van der Waals surface area (Å²) in [5, 5.41) is 0. The summed E-state index contributed by atoms with van der Waals surface area (Å²) < 4.78 is 19.0. The van der Waals surface area contributed by atoms with Gasteiger partial charge in [0.1, 0.15) is 11.9 Å². The third-order valence-electron chi connectivity index (χ3n) is 6.23. The summed E-state index contributed by atoms with van der Waals surface area (Å²) in [6.07, 6.45) is 5.67. The van der Waals surface area contributed by atoms with E-state index in [0.29, 0.717) is 24.3 Å². The number of hydrogen-bond donors (Lipinski definition) is 0. The van der Waals surface area contributed by atoms with Gasteiger partial charge in [0.05, 0.1) is 7.11 Å².